The summed E-state index contributed by atoms with van der Waals surface area (Å²) < 4.78 is 0.890. The number of nitrogens with two attached hydrogens (primary N) is 1. The van der Waals surface area contributed by atoms with Gasteiger partial charge < -0.3 is 10.6 Å². The zero-order valence-electron chi connectivity index (χ0n) is 11.7. The maximum absolute atomic E-state index is 6.14. The topological polar surface area (TPSA) is 70.8 Å². The van der Waals surface area contributed by atoms with Gasteiger partial charge >= 0.3 is 0 Å². The summed E-state index contributed by atoms with van der Waals surface area (Å²) in [4.78, 5) is 6.77. The van der Waals surface area contributed by atoms with Gasteiger partial charge in [-0.2, -0.15) is 4.98 Å². The Kier molecular flexibility index (Phi) is 4.19. The number of benzene rings is 1. The van der Waals surface area contributed by atoms with E-state index in [-0.39, 0.29) is 12.1 Å². The molecule has 0 radical (unpaired) electrons. The second-order valence-electron chi connectivity index (χ2n) is 5.35. The lowest BCUT2D eigenvalue weighted by atomic mass is 9.99. The van der Waals surface area contributed by atoms with Crippen LogP contribution in [0.15, 0.2) is 22.7 Å². The number of piperidine rings is 1. The van der Waals surface area contributed by atoms with Crippen LogP contribution in [0.1, 0.15) is 19.8 Å². The van der Waals surface area contributed by atoms with E-state index in [1.54, 1.807) is 0 Å². The van der Waals surface area contributed by atoms with E-state index >= 15 is 0 Å². The molecule has 1 saturated heterocycles. The van der Waals surface area contributed by atoms with Gasteiger partial charge in [0.1, 0.15) is 0 Å². The van der Waals surface area contributed by atoms with Gasteiger partial charge in [0.25, 0.3) is 0 Å². The van der Waals surface area contributed by atoms with Crippen molar-refractivity contribution in [3.63, 3.8) is 0 Å². The number of aromatic amines is 1. The van der Waals surface area contributed by atoms with Gasteiger partial charge in [-0.05, 0) is 53.9 Å². The van der Waals surface area contributed by atoms with Gasteiger partial charge in [0.05, 0.1) is 0 Å². The zero-order chi connectivity index (χ0) is 15.0. The van der Waals surface area contributed by atoms with Crippen LogP contribution in [-0.2, 0) is 0 Å². The lowest BCUT2D eigenvalue weighted by Gasteiger charge is -2.36. The zero-order valence-corrected chi connectivity index (χ0v) is 14.0. The van der Waals surface area contributed by atoms with E-state index in [2.05, 4.69) is 42.9 Å². The second kappa shape index (κ2) is 5.94. The van der Waals surface area contributed by atoms with E-state index in [0.717, 1.165) is 35.2 Å². The van der Waals surface area contributed by atoms with Crippen molar-refractivity contribution in [2.24, 2.45) is 5.73 Å². The maximum atomic E-state index is 6.14. The molecule has 1 aliphatic heterocycles. The molecule has 0 aliphatic carbocycles. The van der Waals surface area contributed by atoms with Gasteiger partial charge in [0, 0.05) is 33.7 Å². The molecular formula is C14H17BrClN5. The Morgan fingerprint density at radius 2 is 2.29 bits per heavy atom. The smallest absolute Gasteiger partial charge is 0.245 e. The highest BCUT2D eigenvalue weighted by Gasteiger charge is 2.27. The summed E-state index contributed by atoms with van der Waals surface area (Å²) in [6.45, 7) is 3.06. The summed E-state index contributed by atoms with van der Waals surface area (Å²) in [7, 11) is 0. The Balaban J connectivity index is 1.89. The van der Waals surface area contributed by atoms with E-state index in [1.165, 1.54) is 0 Å². The number of hydrogen-bond donors (Lipinski definition) is 2. The molecule has 1 aromatic carbocycles. The van der Waals surface area contributed by atoms with Crippen molar-refractivity contribution in [3.8, 4) is 11.4 Å². The summed E-state index contributed by atoms with van der Waals surface area (Å²) in [6, 6.07) is 6.02. The molecule has 7 heteroatoms. The van der Waals surface area contributed by atoms with Gasteiger partial charge in [-0.15, -0.1) is 5.10 Å². The standard InChI is InChI=1S/C14H17BrClN5/c1-8-12(17)3-2-6-21(8)14-18-13(19-20-14)10-5-4-9(16)7-11(10)15/h4-5,7-8,12H,2-3,6,17H2,1H3,(H,18,19,20). The first-order chi connectivity index (χ1) is 10.1. The lowest BCUT2D eigenvalue weighted by molar-refractivity contribution is 0.416. The molecule has 1 aromatic heterocycles. The maximum Gasteiger partial charge on any atom is 0.245 e. The van der Waals surface area contributed by atoms with Crippen molar-refractivity contribution in [2.45, 2.75) is 31.8 Å². The predicted molar refractivity (Wildman–Crippen MR) is 88.5 cm³/mol. The molecule has 0 spiro atoms. The van der Waals surface area contributed by atoms with Crippen LogP contribution in [0, 0.1) is 0 Å². The van der Waals surface area contributed by atoms with Gasteiger partial charge in [-0.1, -0.05) is 11.6 Å². The molecule has 3 rings (SSSR count). The molecule has 2 atom stereocenters. The number of rotatable bonds is 2. The molecule has 112 valence electrons. The third kappa shape index (κ3) is 2.93. The van der Waals surface area contributed by atoms with Crippen molar-refractivity contribution in [1.29, 1.82) is 0 Å². The average Bonchev–Trinajstić information content (AvgIpc) is 2.91. The fourth-order valence-corrected chi connectivity index (χ4v) is 3.51. The SMILES string of the molecule is CC1C(N)CCCN1c1n[nH]c(-c2ccc(Cl)cc2Br)n1. The molecule has 2 aromatic rings. The van der Waals surface area contributed by atoms with Crippen LogP contribution in [0.2, 0.25) is 5.02 Å². The highest BCUT2D eigenvalue weighted by molar-refractivity contribution is 9.10. The fraction of sp³-hybridized carbons (Fsp3) is 0.429. The summed E-state index contributed by atoms with van der Waals surface area (Å²) in [6.07, 6.45) is 2.12. The average molecular weight is 371 g/mol. The van der Waals surface area contributed by atoms with E-state index in [1.807, 2.05) is 18.2 Å². The summed E-state index contributed by atoms with van der Waals surface area (Å²) >= 11 is 9.47. The van der Waals surface area contributed by atoms with E-state index in [0.29, 0.717) is 11.0 Å². The van der Waals surface area contributed by atoms with E-state index < -0.39 is 0 Å². The predicted octanol–water partition coefficient (Wildman–Crippen LogP) is 3.20. The molecule has 2 heterocycles. The van der Waals surface area contributed by atoms with Crippen molar-refractivity contribution in [2.75, 3.05) is 11.4 Å². The van der Waals surface area contributed by atoms with Crippen molar-refractivity contribution in [3.05, 3.63) is 27.7 Å². The van der Waals surface area contributed by atoms with Crippen molar-refractivity contribution in [1.82, 2.24) is 15.2 Å². The number of hydrogen-bond acceptors (Lipinski definition) is 4. The number of H-pyrrole nitrogens is 1. The molecule has 3 N–H and O–H groups in total. The van der Waals surface area contributed by atoms with Gasteiger partial charge in [-0.25, -0.2) is 0 Å². The Morgan fingerprint density at radius 3 is 3.05 bits per heavy atom. The molecule has 0 saturated carbocycles. The Bertz CT molecular complexity index is 644. The third-order valence-corrected chi connectivity index (χ3v) is 4.86. The van der Waals surface area contributed by atoms with Gasteiger partial charge in [0.2, 0.25) is 5.95 Å². The Labute approximate surface area is 137 Å². The number of anilines is 1. The molecule has 2 unspecified atom stereocenters. The van der Waals surface area contributed by atoms with Crippen LogP contribution in [0.4, 0.5) is 5.95 Å². The number of aromatic nitrogens is 3. The van der Waals surface area contributed by atoms with Crippen LogP contribution in [0.3, 0.4) is 0 Å². The first-order valence-electron chi connectivity index (χ1n) is 6.96. The van der Waals surface area contributed by atoms with Gasteiger partial charge in [0.15, 0.2) is 5.82 Å². The molecular weight excluding hydrogens is 354 g/mol. The van der Waals surface area contributed by atoms with Crippen LogP contribution in [-0.4, -0.2) is 33.8 Å². The molecule has 5 nitrogen and oxygen atoms in total. The van der Waals surface area contributed by atoms with Crippen molar-refractivity contribution >= 4 is 33.5 Å². The lowest BCUT2D eigenvalue weighted by Crippen LogP contribution is -2.50. The van der Waals surface area contributed by atoms with Crippen LogP contribution in [0.25, 0.3) is 11.4 Å². The third-order valence-electron chi connectivity index (χ3n) is 3.96. The molecule has 21 heavy (non-hydrogen) atoms. The van der Waals surface area contributed by atoms with Crippen LogP contribution in [0.5, 0.6) is 0 Å². The highest BCUT2D eigenvalue weighted by atomic mass is 79.9. The van der Waals surface area contributed by atoms with Crippen LogP contribution >= 0.6 is 27.5 Å². The Hall–Kier alpha value is -1.11. The van der Waals surface area contributed by atoms with E-state index in [9.17, 15) is 0 Å². The first-order valence-corrected chi connectivity index (χ1v) is 8.13. The summed E-state index contributed by atoms with van der Waals surface area (Å²) in [5.41, 5.74) is 7.07. The number of nitrogens with zero attached hydrogens (tertiary/aromatic N) is 3. The quantitative estimate of drug-likeness (QED) is 0.851. The number of halogens is 2. The van der Waals surface area contributed by atoms with E-state index in [4.69, 9.17) is 17.3 Å². The summed E-state index contributed by atoms with van der Waals surface area (Å²) in [5.74, 6) is 1.43. The number of nitrogens with one attached hydrogen (secondary N) is 1. The normalized spacial score (nSPS) is 22.6. The minimum absolute atomic E-state index is 0.169. The Morgan fingerprint density at radius 1 is 1.48 bits per heavy atom. The molecule has 1 fully saturated rings. The van der Waals surface area contributed by atoms with Crippen LogP contribution < -0.4 is 10.6 Å². The summed E-state index contributed by atoms with van der Waals surface area (Å²) in [5, 5.41) is 8.02. The fourth-order valence-electron chi connectivity index (χ4n) is 2.64. The minimum Gasteiger partial charge on any atom is -0.335 e. The van der Waals surface area contributed by atoms with Crippen molar-refractivity contribution < 1.29 is 0 Å². The highest BCUT2D eigenvalue weighted by Crippen LogP contribution is 2.30. The first kappa shape index (κ1) is 14.8. The monoisotopic (exact) mass is 369 g/mol. The minimum atomic E-state index is 0.169. The van der Waals surface area contributed by atoms with Gasteiger partial charge in [-0.3, -0.25) is 5.10 Å². The largest absolute Gasteiger partial charge is 0.335 e. The molecule has 0 amide bonds. The second-order valence-corrected chi connectivity index (χ2v) is 6.64. The molecule has 0 bridgehead atoms. The molecule has 1 aliphatic rings.